The standard InChI is InChI=1S/C16H23NO2/c1-3-10-17-11-5-4-9-15(17)16(18)13-7-6-8-14(12-13)19-2/h3,6-8,12,15-16,18H,1,4-5,9-11H2,2H3/t15-,16?/m0/s1. The topological polar surface area (TPSA) is 32.7 Å². The molecule has 0 bridgehead atoms. The zero-order valence-electron chi connectivity index (χ0n) is 11.6. The Morgan fingerprint density at radius 1 is 1.53 bits per heavy atom. The van der Waals surface area contributed by atoms with Gasteiger partial charge in [0.25, 0.3) is 0 Å². The molecule has 104 valence electrons. The Hall–Kier alpha value is -1.32. The Morgan fingerprint density at radius 3 is 3.11 bits per heavy atom. The lowest BCUT2D eigenvalue weighted by Gasteiger charge is -2.38. The molecule has 0 aliphatic carbocycles. The molecule has 1 heterocycles. The molecule has 2 rings (SSSR count). The number of methoxy groups -OCH3 is 1. The summed E-state index contributed by atoms with van der Waals surface area (Å²) in [6, 6.07) is 7.90. The summed E-state index contributed by atoms with van der Waals surface area (Å²) < 4.78 is 5.23. The first-order valence-corrected chi connectivity index (χ1v) is 6.93. The van der Waals surface area contributed by atoms with Gasteiger partial charge in [0, 0.05) is 12.6 Å². The van der Waals surface area contributed by atoms with Crippen LogP contribution >= 0.6 is 0 Å². The molecular formula is C16H23NO2. The normalized spacial score (nSPS) is 21.9. The highest BCUT2D eigenvalue weighted by Crippen LogP contribution is 2.30. The van der Waals surface area contributed by atoms with E-state index < -0.39 is 6.10 Å². The van der Waals surface area contributed by atoms with Crippen LogP contribution in [0, 0.1) is 0 Å². The quantitative estimate of drug-likeness (QED) is 0.827. The van der Waals surface area contributed by atoms with E-state index in [1.54, 1.807) is 7.11 Å². The Kier molecular flexibility index (Phi) is 5.00. The molecule has 0 spiro atoms. The molecule has 2 atom stereocenters. The van der Waals surface area contributed by atoms with Crippen LogP contribution in [0.2, 0.25) is 0 Å². The highest BCUT2D eigenvalue weighted by Gasteiger charge is 2.28. The number of hydrogen-bond donors (Lipinski definition) is 1. The van der Waals surface area contributed by atoms with Gasteiger partial charge >= 0.3 is 0 Å². The molecule has 1 unspecified atom stereocenters. The van der Waals surface area contributed by atoms with Crippen LogP contribution in [0.1, 0.15) is 30.9 Å². The van der Waals surface area contributed by atoms with E-state index in [-0.39, 0.29) is 6.04 Å². The maximum Gasteiger partial charge on any atom is 0.119 e. The smallest absolute Gasteiger partial charge is 0.119 e. The van der Waals surface area contributed by atoms with Crippen LogP contribution in [0.4, 0.5) is 0 Å². The Balaban J connectivity index is 2.15. The van der Waals surface area contributed by atoms with Gasteiger partial charge in [-0.3, -0.25) is 4.90 Å². The van der Waals surface area contributed by atoms with E-state index in [9.17, 15) is 5.11 Å². The van der Waals surface area contributed by atoms with Crippen LogP contribution in [-0.4, -0.2) is 36.2 Å². The lowest BCUT2D eigenvalue weighted by atomic mass is 9.93. The van der Waals surface area contributed by atoms with E-state index in [2.05, 4.69) is 11.5 Å². The second kappa shape index (κ2) is 6.73. The summed E-state index contributed by atoms with van der Waals surface area (Å²) >= 11 is 0. The summed E-state index contributed by atoms with van der Waals surface area (Å²) in [6.07, 6.45) is 4.87. The monoisotopic (exact) mass is 261 g/mol. The lowest BCUT2D eigenvalue weighted by molar-refractivity contribution is 0.0316. The van der Waals surface area contributed by atoms with Gasteiger partial charge in [0.15, 0.2) is 0 Å². The molecule has 1 aromatic carbocycles. The summed E-state index contributed by atoms with van der Waals surface area (Å²) in [5.74, 6) is 0.794. The second-order valence-electron chi connectivity index (χ2n) is 5.07. The van der Waals surface area contributed by atoms with Gasteiger partial charge in [-0.15, -0.1) is 6.58 Å². The van der Waals surface area contributed by atoms with Crippen molar-refractivity contribution in [2.75, 3.05) is 20.2 Å². The van der Waals surface area contributed by atoms with Gasteiger partial charge in [-0.2, -0.15) is 0 Å². The number of benzene rings is 1. The summed E-state index contributed by atoms with van der Waals surface area (Å²) in [5, 5.41) is 10.6. The highest BCUT2D eigenvalue weighted by atomic mass is 16.5. The van der Waals surface area contributed by atoms with Gasteiger partial charge in [-0.05, 0) is 37.1 Å². The molecule has 1 N–H and O–H groups in total. The number of likely N-dealkylation sites (tertiary alicyclic amines) is 1. The van der Waals surface area contributed by atoms with Crippen LogP contribution in [0.25, 0.3) is 0 Å². The number of aliphatic hydroxyl groups is 1. The fourth-order valence-electron chi connectivity index (χ4n) is 2.81. The molecule has 1 aliphatic rings. The lowest BCUT2D eigenvalue weighted by Crippen LogP contribution is -2.43. The number of nitrogens with zero attached hydrogens (tertiary/aromatic N) is 1. The second-order valence-corrected chi connectivity index (χ2v) is 5.07. The molecule has 1 aliphatic heterocycles. The third-order valence-electron chi connectivity index (χ3n) is 3.83. The third kappa shape index (κ3) is 3.37. The summed E-state index contributed by atoms with van der Waals surface area (Å²) in [7, 11) is 1.65. The van der Waals surface area contributed by atoms with Crippen molar-refractivity contribution in [3.8, 4) is 5.75 Å². The Bertz CT molecular complexity index is 419. The maximum atomic E-state index is 10.6. The van der Waals surface area contributed by atoms with Crippen LogP contribution < -0.4 is 4.74 Å². The Morgan fingerprint density at radius 2 is 2.37 bits per heavy atom. The van der Waals surface area contributed by atoms with Crippen molar-refractivity contribution in [3.05, 3.63) is 42.5 Å². The number of hydrogen-bond acceptors (Lipinski definition) is 3. The van der Waals surface area contributed by atoms with Crippen molar-refractivity contribution in [1.82, 2.24) is 4.90 Å². The molecule has 0 saturated carbocycles. The average molecular weight is 261 g/mol. The number of aliphatic hydroxyl groups excluding tert-OH is 1. The molecule has 0 radical (unpaired) electrons. The van der Waals surface area contributed by atoms with Gasteiger partial charge in [0.1, 0.15) is 5.75 Å². The van der Waals surface area contributed by atoms with Crippen LogP contribution in [-0.2, 0) is 0 Å². The first-order chi connectivity index (χ1) is 9.26. The first-order valence-electron chi connectivity index (χ1n) is 6.93. The van der Waals surface area contributed by atoms with Crippen molar-refractivity contribution in [1.29, 1.82) is 0 Å². The van der Waals surface area contributed by atoms with Crippen molar-refractivity contribution in [2.24, 2.45) is 0 Å². The van der Waals surface area contributed by atoms with E-state index in [1.165, 1.54) is 12.8 Å². The highest BCUT2D eigenvalue weighted by molar-refractivity contribution is 5.30. The van der Waals surface area contributed by atoms with E-state index in [0.29, 0.717) is 0 Å². The number of piperidine rings is 1. The molecule has 3 nitrogen and oxygen atoms in total. The summed E-state index contributed by atoms with van der Waals surface area (Å²) in [4.78, 5) is 2.32. The fourth-order valence-corrected chi connectivity index (χ4v) is 2.81. The predicted molar refractivity (Wildman–Crippen MR) is 77.4 cm³/mol. The molecular weight excluding hydrogens is 238 g/mol. The zero-order chi connectivity index (χ0) is 13.7. The minimum atomic E-state index is -0.463. The van der Waals surface area contributed by atoms with E-state index >= 15 is 0 Å². The molecule has 0 amide bonds. The van der Waals surface area contributed by atoms with Gasteiger partial charge in [-0.25, -0.2) is 0 Å². The van der Waals surface area contributed by atoms with E-state index in [1.807, 2.05) is 30.3 Å². The molecule has 0 aromatic heterocycles. The summed E-state index contributed by atoms with van der Waals surface area (Å²) in [6.45, 7) is 5.68. The van der Waals surface area contributed by atoms with Crippen molar-refractivity contribution >= 4 is 0 Å². The zero-order valence-corrected chi connectivity index (χ0v) is 11.6. The number of rotatable bonds is 5. The molecule has 19 heavy (non-hydrogen) atoms. The SMILES string of the molecule is C=CCN1CCCC[C@H]1C(O)c1cccc(OC)c1. The predicted octanol–water partition coefficient (Wildman–Crippen LogP) is 2.77. The van der Waals surface area contributed by atoms with E-state index in [0.717, 1.165) is 30.8 Å². The largest absolute Gasteiger partial charge is 0.497 e. The average Bonchev–Trinajstić information content (AvgIpc) is 2.47. The minimum Gasteiger partial charge on any atom is -0.497 e. The van der Waals surface area contributed by atoms with Gasteiger partial charge in [0.2, 0.25) is 0 Å². The van der Waals surface area contributed by atoms with Crippen molar-refractivity contribution in [2.45, 2.75) is 31.4 Å². The molecule has 1 fully saturated rings. The van der Waals surface area contributed by atoms with Gasteiger partial charge in [0.05, 0.1) is 13.2 Å². The van der Waals surface area contributed by atoms with Crippen molar-refractivity contribution in [3.63, 3.8) is 0 Å². The van der Waals surface area contributed by atoms with Crippen LogP contribution in [0.3, 0.4) is 0 Å². The molecule has 1 saturated heterocycles. The van der Waals surface area contributed by atoms with Gasteiger partial charge in [-0.1, -0.05) is 24.6 Å². The summed E-state index contributed by atoms with van der Waals surface area (Å²) in [5.41, 5.74) is 0.931. The van der Waals surface area contributed by atoms with Gasteiger partial charge < -0.3 is 9.84 Å². The third-order valence-corrected chi connectivity index (χ3v) is 3.83. The Labute approximate surface area is 115 Å². The maximum absolute atomic E-state index is 10.6. The minimum absolute atomic E-state index is 0.179. The van der Waals surface area contributed by atoms with Crippen LogP contribution in [0.5, 0.6) is 5.75 Å². The van der Waals surface area contributed by atoms with E-state index in [4.69, 9.17) is 4.74 Å². The number of ether oxygens (including phenoxy) is 1. The molecule has 3 heteroatoms. The fraction of sp³-hybridized carbons (Fsp3) is 0.500. The first kappa shape index (κ1) is 14.1. The molecule has 1 aromatic rings. The van der Waals surface area contributed by atoms with Crippen LogP contribution in [0.15, 0.2) is 36.9 Å². The van der Waals surface area contributed by atoms with Crippen molar-refractivity contribution < 1.29 is 9.84 Å².